The van der Waals surface area contributed by atoms with E-state index in [1.54, 1.807) is 0 Å². The number of piperidine rings is 1. The van der Waals surface area contributed by atoms with E-state index in [2.05, 4.69) is 43.7 Å². The fraction of sp³-hybridized carbons (Fsp3) is 0.522. The van der Waals surface area contributed by atoms with E-state index < -0.39 is 24.3 Å². The van der Waals surface area contributed by atoms with Crippen molar-refractivity contribution in [3.63, 3.8) is 0 Å². The van der Waals surface area contributed by atoms with Gasteiger partial charge in [-0.05, 0) is 66.2 Å². The number of hydrogen-bond acceptors (Lipinski definition) is 6. The number of carboxylic acid groups (broad SMARTS) is 2. The van der Waals surface area contributed by atoms with E-state index in [0.29, 0.717) is 5.54 Å². The summed E-state index contributed by atoms with van der Waals surface area (Å²) >= 11 is 1.81. The van der Waals surface area contributed by atoms with Gasteiger partial charge < -0.3 is 10.2 Å². The molecule has 7 nitrogen and oxygen atoms in total. The minimum absolute atomic E-state index is 0.445. The second-order valence-corrected chi connectivity index (χ2v) is 9.40. The molecule has 2 aliphatic heterocycles. The lowest BCUT2D eigenvalue weighted by Crippen LogP contribution is -2.51. The molecule has 0 amide bonds. The van der Waals surface area contributed by atoms with Gasteiger partial charge in [-0.3, -0.25) is 14.8 Å². The van der Waals surface area contributed by atoms with Crippen LogP contribution in [0.15, 0.2) is 41.4 Å². The van der Waals surface area contributed by atoms with Crippen molar-refractivity contribution in [2.75, 3.05) is 19.6 Å². The minimum atomic E-state index is -5.08. The van der Waals surface area contributed by atoms with Crippen LogP contribution in [-0.4, -0.2) is 74.5 Å². The van der Waals surface area contributed by atoms with Gasteiger partial charge >= 0.3 is 24.3 Å². The van der Waals surface area contributed by atoms with Crippen LogP contribution in [0.5, 0.6) is 0 Å². The van der Waals surface area contributed by atoms with Crippen molar-refractivity contribution in [2.45, 2.75) is 56.7 Å². The van der Waals surface area contributed by atoms with E-state index >= 15 is 0 Å². The van der Waals surface area contributed by atoms with Crippen LogP contribution < -0.4 is 0 Å². The molecular formula is C23H27F6N3O4S. The molecule has 37 heavy (non-hydrogen) atoms. The number of aromatic nitrogens is 1. The first-order valence-corrected chi connectivity index (χ1v) is 12.1. The first-order chi connectivity index (χ1) is 17.2. The lowest BCUT2D eigenvalue weighted by molar-refractivity contribution is -0.193. The molecule has 2 saturated heterocycles. The van der Waals surface area contributed by atoms with Gasteiger partial charge in [-0.25, -0.2) is 9.59 Å². The number of thiophene rings is 1. The third-order valence-electron chi connectivity index (χ3n) is 6.10. The van der Waals surface area contributed by atoms with Crippen LogP contribution >= 0.6 is 11.3 Å². The summed E-state index contributed by atoms with van der Waals surface area (Å²) in [4.78, 5) is 27.4. The Morgan fingerprint density at radius 3 is 1.97 bits per heavy atom. The van der Waals surface area contributed by atoms with Crippen molar-refractivity contribution in [3.8, 4) is 0 Å². The molecule has 2 aromatic rings. The molecule has 14 heteroatoms. The molecule has 2 N–H and O–H groups in total. The second kappa shape index (κ2) is 13.2. The minimum Gasteiger partial charge on any atom is -0.475 e. The fourth-order valence-corrected chi connectivity index (χ4v) is 4.95. The molecule has 0 aliphatic carbocycles. The Kier molecular flexibility index (Phi) is 10.9. The smallest absolute Gasteiger partial charge is 0.475 e. The standard InChI is InChI=1S/C19H25N3S.2C2HF3O2/c1-3-17(13-20-8-1)15-22-9-2-5-19(22)6-10-21(11-7-19)14-18-4-12-23-16-18;2*3-2(4,5)1(6)7/h1,3-4,8,12-13,16H,2,5-7,9-11,14-15H2;2*(H,6,7). The highest BCUT2D eigenvalue weighted by molar-refractivity contribution is 7.07. The SMILES string of the molecule is O=C(O)C(F)(F)F.O=C(O)C(F)(F)F.c1cncc(CN2CCCC23CCN(Cc2ccsc2)CC3)c1. The van der Waals surface area contributed by atoms with Gasteiger partial charge in [0.05, 0.1) is 0 Å². The maximum atomic E-state index is 10.6. The van der Waals surface area contributed by atoms with Crippen LogP contribution in [0.3, 0.4) is 0 Å². The lowest BCUT2D eigenvalue weighted by Gasteiger charge is -2.45. The lowest BCUT2D eigenvalue weighted by atomic mass is 9.84. The molecular weight excluding hydrogens is 528 g/mol. The molecule has 206 valence electrons. The summed E-state index contributed by atoms with van der Waals surface area (Å²) in [5, 5.41) is 18.7. The van der Waals surface area contributed by atoms with Gasteiger partial charge in [0.25, 0.3) is 0 Å². The Balaban J connectivity index is 0.000000286. The Labute approximate surface area is 213 Å². The third kappa shape index (κ3) is 9.93. The highest BCUT2D eigenvalue weighted by Gasteiger charge is 2.43. The van der Waals surface area contributed by atoms with E-state index in [-0.39, 0.29) is 0 Å². The summed E-state index contributed by atoms with van der Waals surface area (Å²) in [5.74, 6) is -5.51. The summed E-state index contributed by atoms with van der Waals surface area (Å²) in [6, 6.07) is 6.53. The van der Waals surface area contributed by atoms with Crippen molar-refractivity contribution in [3.05, 3.63) is 52.5 Å². The maximum absolute atomic E-state index is 10.6. The summed E-state index contributed by atoms with van der Waals surface area (Å²) in [6.07, 6.45) is -0.914. The van der Waals surface area contributed by atoms with Gasteiger partial charge in [0, 0.05) is 44.1 Å². The number of alkyl halides is 6. The number of likely N-dealkylation sites (tertiary alicyclic amines) is 2. The van der Waals surface area contributed by atoms with Gasteiger partial charge in [0.1, 0.15) is 0 Å². The van der Waals surface area contributed by atoms with Crippen LogP contribution in [0.1, 0.15) is 36.8 Å². The summed E-state index contributed by atoms with van der Waals surface area (Å²) in [6.45, 7) is 5.92. The van der Waals surface area contributed by atoms with Crippen LogP contribution in [0, 0.1) is 0 Å². The number of nitrogens with zero attached hydrogens (tertiary/aromatic N) is 3. The Bertz CT molecular complexity index is 955. The van der Waals surface area contributed by atoms with Crippen molar-refractivity contribution >= 4 is 23.3 Å². The van der Waals surface area contributed by atoms with Gasteiger partial charge in [-0.15, -0.1) is 0 Å². The van der Waals surface area contributed by atoms with E-state index in [1.165, 1.54) is 56.4 Å². The number of aliphatic carboxylic acids is 2. The fourth-order valence-electron chi connectivity index (χ4n) is 4.29. The molecule has 1 spiro atoms. The Morgan fingerprint density at radius 2 is 1.51 bits per heavy atom. The molecule has 4 rings (SSSR count). The number of rotatable bonds is 4. The van der Waals surface area contributed by atoms with E-state index in [1.807, 2.05) is 23.7 Å². The molecule has 0 bridgehead atoms. The molecule has 0 radical (unpaired) electrons. The largest absolute Gasteiger partial charge is 0.490 e. The summed E-state index contributed by atoms with van der Waals surface area (Å²) in [7, 11) is 0. The summed E-state index contributed by atoms with van der Waals surface area (Å²) in [5.41, 5.74) is 3.28. The van der Waals surface area contributed by atoms with Crippen molar-refractivity contribution in [1.29, 1.82) is 0 Å². The number of carbonyl (C=O) groups is 2. The van der Waals surface area contributed by atoms with Crippen LogP contribution in [-0.2, 0) is 22.7 Å². The molecule has 4 heterocycles. The Hall–Kier alpha value is -2.71. The molecule has 2 aliphatic rings. The first kappa shape index (κ1) is 30.5. The second-order valence-electron chi connectivity index (χ2n) is 8.62. The van der Waals surface area contributed by atoms with Crippen LogP contribution in [0.2, 0.25) is 0 Å². The molecule has 0 atom stereocenters. The quantitative estimate of drug-likeness (QED) is 0.511. The van der Waals surface area contributed by atoms with Crippen LogP contribution in [0.4, 0.5) is 26.3 Å². The van der Waals surface area contributed by atoms with Gasteiger partial charge in [-0.1, -0.05) is 6.07 Å². The third-order valence-corrected chi connectivity index (χ3v) is 6.83. The number of halogens is 6. The highest BCUT2D eigenvalue weighted by atomic mass is 32.1. The molecule has 2 fully saturated rings. The van der Waals surface area contributed by atoms with Gasteiger partial charge in [0.15, 0.2) is 0 Å². The van der Waals surface area contributed by atoms with Crippen LogP contribution in [0.25, 0.3) is 0 Å². The zero-order chi connectivity index (χ0) is 27.7. The molecule has 0 saturated carbocycles. The average molecular weight is 556 g/mol. The van der Waals surface area contributed by atoms with Crippen molar-refractivity contribution in [1.82, 2.24) is 14.8 Å². The predicted molar refractivity (Wildman–Crippen MR) is 123 cm³/mol. The maximum Gasteiger partial charge on any atom is 0.490 e. The zero-order valence-corrected chi connectivity index (χ0v) is 20.5. The summed E-state index contributed by atoms with van der Waals surface area (Å²) < 4.78 is 63.5. The zero-order valence-electron chi connectivity index (χ0n) is 19.6. The van der Waals surface area contributed by atoms with Crippen molar-refractivity contribution in [2.24, 2.45) is 0 Å². The van der Waals surface area contributed by atoms with Gasteiger partial charge in [0.2, 0.25) is 0 Å². The normalized spacial score (nSPS) is 17.9. The van der Waals surface area contributed by atoms with Gasteiger partial charge in [-0.2, -0.15) is 37.7 Å². The Morgan fingerprint density at radius 1 is 0.919 bits per heavy atom. The van der Waals surface area contributed by atoms with E-state index in [4.69, 9.17) is 19.8 Å². The van der Waals surface area contributed by atoms with E-state index in [9.17, 15) is 26.3 Å². The van der Waals surface area contributed by atoms with E-state index in [0.717, 1.165) is 13.1 Å². The number of pyridine rings is 1. The number of hydrogen-bond donors (Lipinski definition) is 2. The number of carboxylic acids is 2. The first-order valence-electron chi connectivity index (χ1n) is 11.2. The molecule has 0 aromatic carbocycles. The molecule has 0 unspecified atom stereocenters. The highest BCUT2D eigenvalue weighted by Crippen LogP contribution is 2.39. The molecule has 2 aromatic heterocycles. The van der Waals surface area contributed by atoms with Crippen molar-refractivity contribution < 1.29 is 46.1 Å². The average Bonchev–Trinajstić information content (AvgIpc) is 3.46. The predicted octanol–water partition coefficient (Wildman–Crippen LogP) is 5.04. The topological polar surface area (TPSA) is 94.0 Å². The monoisotopic (exact) mass is 555 g/mol.